The van der Waals surface area contributed by atoms with Crippen LogP contribution in [0.4, 0.5) is 0 Å². The van der Waals surface area contributed by atoms with Crippen LogP contribution in [0.25, 0.3) is 0 Å². The number of sulfonamides is 1. The van der Waals surface area contributed by atoms with Crippen molar-refractivity contribution in [2.75, 3.05) is 19.6 Å². The van der Waals surface area contributed by atoms with Crippen LogP contribution in [-0.4, -0.2) is 43.2 Å². The molecule has 138 valence electrons. The molecule has 0 fully saturated rings. The summed E-state index contributed by atoms with van der Waals surface area (Å²) in [5.74, 6) is -0.129. The summed E-state index contributed by atoms with van der Waals surface area (Å²) in [6.07, 6.45) is 0.819. The van der Waals surface area contributed by atoms with E-state index in [-0.39, 0.29) is 10.8 Å². The van der Waals surface area contributed by atoms with Crippen LogP contribution in [0.5, 0.6) is 0 Å². The number of amides is 1. The Hall–Kier alpha value is -2.18. The predicted octanol–water partition coefficient (Wildman–Crippen LogP) is 2.92. The standard InChI is InChI=1S/C20H24N2O3S/c1-3-22(4-2)26(24,25)19-11-7-10-17(14-19)20(23)21-13-12-16-8-5-6-9-18(16)15-21/h5-11,14H,3-4,12-13,15H2,1-2H3. The van der Waals surface area contributed by atoms with Crippen LogP contribution in [-0.2, 0) is 23.0 Å². The zero-order chi connectivity index (χ0) is 18.7. The zero-order valence-electron chi connectivity index (χ0n) is 15.2. The van der Waals surface area contributed by atoms with E-state index in [4.69, 9.17) is 0 Å². The highest BCUT2D eigenvalue weighted by Crippen LogP contribution is 2.22. The van der Waals surface area contributed by atoms with Crippen LogP contribution < -0.4 is 0 Å². The van der Waals surface area contributed by atoms with Crippen molar-refractivity contribution in [3.05, 3.63) is 65.2 Å². The number of nitrogens with zero attached hydrogens (tertiary/aromatic N) is 2. The van der Waals surface area contributed by atoms with Gasteiger partial charge in [0.15, 0.2) is 0 Å². The zero-order valence-corrected chi connectivity index (χ0v) is 16.0. The maximum Gasteiger partial charge on any atom is 0.254 e. The summed E-state index contributed by atoms with van der Waals surface area (Å²) in [6.45, 7) is 5.62. The fraction of sp³-hybridized carbons (Fsp3) is 0.350. The summed E-state index contributed by atoms with van der Waals surface area (Å²) >= 11 is 0. The number of benzene rings is 2. The Morgan fingerprint density at radius 2 is 1.73 bits per heavy atom. The fourth-order valence-corrected chi connectivity index (χ4v) is 4.86. The van der Waals surface area contributed by atoms with E-state index in [0.717, 1.165) is 12.0 Å². The van der Waals surface area contributed by atoms with Gasteiger partial charge in [-0.25, -0.2) is 8.42 Å². The molecule has 0 aliphatic carbocycles. The molecular weight excluding hydrogens is 348 g/mol. The molecule has 3 rings (SSSR count). The summed E-state index contributed by atoms with van der Waals surface area (Å²) < 4.78 is 26.8. The molecule has 0 saturated heterocycles. The maximum atomic E-state index is 12.9. The third-order valence-electron chi connectivity index (χ3n) is 4.84. The topological polar surface area (TPSA) is 57.7 Å². The summed E-state index contributed by atoms with van der Waals surface area (Å²) in [4.78, 5) is 14.9. The van der Waals surface area contributed by atoms with Crippen molar-refractivity contribution < 1.29 is 13.2 Å². The third kappa shape index (κ3) is 3.52. The van der Waals surface area contributed by atoms with Crippen molar-refractivity contribution >= 4 is 15.9 Å². The van der Waals surface area contributed by atoms with Crippen molar-refractivity contribution in [3.8, 4) is 0 Å². The Balaban J connectivity index is 1.86. The number of carbonyl (C=O) groups is 1. The summed E-state index contributed by atoms with van der Waals surface area (Å²) in [7, 11) is -3.57. The molecule has 0 spiro atoms. The van der Waals surface area contributed by atoms with Gasteiger partial charge in [-0.15, -0.1) is 0 Å². The lowest BCUT2D eigenvalue weighted by Crippen LogP contribution is -2.36. The molecule has 2 aromatic carbocycles. The maximum absolute atomic E-state index is 12.9. The molecule has 1 aliphatic rings. The second kappa shape index (κ2) is 7.60. The van der Waals surface area contributed by atoms with Crippen LogP contribution in [0.2, 0.25) is 0 Å². The monoisotopic (exact) mass is 372 g/mol. The first-order valence-electron chi connectivity index (χ1n) is 8.93. The Bertz CT molecular complexity index is 905. The van der Waals surface area contributed by atoms with Crippen molar-refractivity contribution in [3.63, 3.8) is 0 Å². The molecule has 0 N–H and O–H groups in total. The first kappa shape index (κ1) is 18.6. The molecular formula is C20H24N2O3S. The molecule has 1 heterocycles. The molecule has 2 aromatic rings. The number of fused-ring (bicyclic) bond motifs is 1. The van der Waals surface area contributed by atoms with E-state index in [1.165, 1.54) is 15.9 Å². The lowest BCUT2D eigenvalue weighted by Gasteiger charge is -2.29. The van der Waals surface area contributed by atoms with Gasteiger partial charge in [0, 0.05) is 31.7 Å². The minimum atomic E-state index is -3.57. The van der Waals surface area contributed by atoms with E-state index in [9.17, 15) is 13.2 Å². The molecule has 6 heteroatoms. The molecule has 1 aliphatic heterocycles. The van der Waals surface area contributed by atoms with Gasteiger partial charge in [-0.1, -0.05) is 44.2 Å². The van der Waals surface area contributed by atoms with Crippen molar-refractivity contribution in [1.29, 1.82) is 0 Å². The summed E-state index contributed by atoms with van der Waals surface area (Å²) in [5, 5.41) is 0. The van der Waals surface area contributed by atoms with E-state index >= 15 is 0 Å². The van der Waals surface area contributed by atoms with E-state index in [1.807, 2.05) is 18.2 Å². The number of rotatable bonds is 5. The van der Waals surface area contributed by atoms with Crippen LogP contribution in [0.1, 0.15) is 35.3 Å². The van der Waals surface area contributed by atoms with Gasteiger partial charge in [0.25, 0.3) is 5.91 Å². The van der Waals surface area contributed by atoms with Gasteiger partial charge in [0.05, 0.1) is 4.90 Å². The molecule has 26 heavy (non-hydrogen) atoms. The quantitative estimate of drug-likeness (QED) is 0.811. The average molecular weight is 372 g/mol. The molecule has 0 bridgehead atoms. The Labute approximate surface area is 155 Å². The molecule has 1 amide bonds. The Morgan fingerprint density at radius 3 is 2.42 bits per heavy atom. The summed E-state index contributed by atoms with van der Waals surface area (Å²) in [6, 6.07) is 14.5. The van der Waals surface area contributed by atoms with Crippen molar-refractivity contribution in [2.45, 2.75) is 31.7 Å². The van der Waals surface area contributed by atoms with E-state index in [1.54, 1.807) is 36.9 Å². The van der Waals surface area contributed by atoms with Gasteiger partial charge in [0.1, 0.15) is 0 Å². The van der Waals surface area contributed by atoms with Gasteiger partial charge < -0.3 is 4.90 Å². The van der Waals surface area contributed by atoms with Crippen LogP contribution in [0, 0.1) is 0 Å². The SMILES string of the molecule is CCN(CC)S(=O)(=O)c1cccc(C(=O)N2CCc3ccccc3C2)c1. The number of carbonyl (C=O) groups excluding carboxylic acids is 1. The second-order valence-corrected chi connectivity index (χ2v) is 8.30. The van der Waals surface area contributed by atoms with Crippen LogP contribution >= 0.6 is 0 Å². The smallest absolute Gasteiger partial charge is 0.254 e. The van der Waals surface area contributed by atoms with Gasteiger partial charge in [-0.3, -0.25) is 4.79 Å². The van der Waals surface area contributed by atoms with E-state index in [0.29, 0.717) is 31.7 Å². The lowest BCUT2D eigenvalue weighted by atomic mass is 9.99. The number of hydrogen-bond acceptors (Lipinski definition) is 3. The first-order chi connectivity index (χ1) is 12.5. The normalized spacial score (nSPS) is 14.3. The van der Waals surface area contributed by atoms with Gasteiger partial charge >= 0.3 is 0 Å². The Kier molecular flexibility index (Phi) is 5.44. The molecule has 0 radical (unpaired) electrons. The molecule has 0 unspecified atom stereocenters. The van der Waals surface area contributed by atoms with Gasteiger partial charge in [0.2, 0.25) is 10.0 Å². The molecule has 0 aromatic heterocycles. The van der Waals surface area contributed by atoms with Crippen LogP contribution in [0.15, 0.2) is 53.4 Å². The Morgan fingerprint density at radius 1 is 1.04 bits per heavy atom. The number of hydrogen-bond donors (Lipinski definition) is 0. The van der Waals surface area contributed by atoms with Gasteiger partial charge in [-0.05, 0) is 35.7 Å². The highest BCUT2D eigenvalue weighted by Gasteiger charge is 2.25. The average Bonchev–Trinajstić information content (AvgIpc) is 2.68. The fourth-order valence-electron chi connectivity index (χ4n) is 3.35. The van der Waals surface area contributed by atoms with E-state index < -0.39 is 10.0 Å². The third-order valence-corrected chi connectivity index (χ3v) is 6.89. The minimum Gasteiger partial charge on any atom is -0.334 e. The highest BCUT2D eigenvalue weighted by molar-refractivity contribution is 7.89. The largest absolute Gasteiger partial charge is 0.334 e. The minimum absolute atomic E-state index is 0.129. The second-order valence-electron chi connectivity index (χ2n) is 6.36. The predicted molar refractivity (Wildman–Crippen MR) is 101 cm³/mol. The molecule has 0 saturated carbocycles. The first-order valence-corrected chi connectivity index (χ1v) is 10.4. The van der Waals surface area contributed by atoms with Crippen molar-refractivity contribution in [2.24, 2.45) is 0 Å². The van der Waals surface area contributed by atoms with E-state index in [2.05, 4.69) is 6.07 Å². The highest BCUT2D eigenvalue weighted by atomic mass is 32.2. The summed E-state index contributed by atoms with van der Waals surface area (Å²) in [5.41, 5.74) is 2.84. The lowest BCUT2D eigenvalue weighted by molar-refractivity contribution is 0.0734. The molecule has 0 atom stereocenters. The van der Waals surface area contributed by atoms with Gasteiger partial charge in [-0.2, -0.15) is 4.31 Å². The van der Waals surface area contributed by atoms with Crippen molar-refractivity contribution in [1.82, 2.24) is 9.21 Å². The molecule has 5 nitrogen and oxygen atoms in total. The van der Waals surface area contributed by atoms with Crippen LogP contribution in [0.3, 0.4) is 0 Å².